The summed E-state index contributed by atoms with van der Waals surface area (Å²) in [5.41, 5.74) is 7.06. The molecule has 1 aromatic carbocycles. The maximum Gasteiger partial charge on any atom is 0.326 e. The molecular weight excluding hydrogens is 406 g/mol. The zero-order valence-electron chi connectivity index (χ0n) is 17.2. The molecule has 0 bridgehead atoms. The molecule has 2 aliphatic rings. The number of carboxylic acids is 1. The molecule has 166 valence electrons. The molecule has 1 aromatic rings. The monoisotopic (exact) mass is 437 g/mol. The van der Waals surface area contributed by atoms with E-state index in [0.29, 0.717) is 31.8 Å². The molecule has 2 atom stereocenters. The van der Waals surface area contributed by atoms with Crippen LogP contribution >= 0.6 is 12.4 Å². The van der Waals surface area contributed by atoms with Crippen LogP contribution in [0.4, 0.5) is 0 Å². The van der Waals surface area contributed by atoms with E-state index in [4.69, 9.17) is 5.73 Å². The van der Waals surface area contributed by atoms with E-state index in [1.54, 1.807) is 4.90 Å². The van der Waals surface area contributed by atoms with Gasteiger partial charge in [0.05, 0.1) is 6.04 Å². The molecule has 1 aliphatic carbocycles. The first-order valence-corrected chi connectivity index (χ1v) is 10.6. The molecule has 2 amide bonds. The Morgan fingerprint density at radius 3 is 2.40 bits per heavy atom. The van der Waals surface area contributed by atoms with Gasteiger partial charge >= 0.3 is 5.97 Å². The van der Waals surface area contributed by atoms with Crippen molar-refractivity contribution in [3.8, 4) is 0 Å². The van der Waals surface area contributed by atoms with Crippen molar-refractivity contribution < 1.29 is 19.5 Å². The highest BCUT2D eigenvalue weighted by Crippen LogP contribution is 2.31. The number of halogens is 1. The average Bonchev–Trinajstić information content (AvgIpc) is 3.23. The van der Waals surface area contributed by atoms with Gasteiger partial charge in [0.2, 0.25) is 11.8 Å². The number of hydrogen-bond acceptors (Lipinski definition) is 4. The Bertz CT molecular complexity index is 722. The number of nitrogens with one attached hydrogen (secondary N) is 1. The Balaban J connectivity index is 0.00000320. The van der Waals surface area contributed by atoms with Crippen LogP contribution in [0, 0.1) is 11.8 Å². The lowest BCUT2D eigenvalue weighted by Gasteiger charge is -2.32. The van der Waals surface area contributed by atoms with E-state index >= 15 is 0 Å². The number of aliphatic carboxylic acids is 1. The minimum Gasteiger partial charge on any atom is -0.480 e. The molecule has 2 fully saturated rings. The Morgan fingerprint density at radius 2 is 1.77 bits per heavy atom. The van der Waals surface area contributed by atoms with Crippen molar-refractivity contribution in [1.29, 1.82) is 0 Å². The van der Waals surface area contributed by atoms with E-state index < -0.39 is 18.1 Å². The zero-order valence-corrected chi connectivity index (χ0v) is 18.0. The van der Waals surface area contributed by atoms with Crippen molar-refractivity contribution >= 4 is 30.2 Å². The molecule has 3 rings (SSSR count). The first-order valence-electron chi connectivity index (χ1n) is 10.6. The van der Waals surface area contributed by atoms with Gasteiger partial charge in [-0.2, -0.15) is 0 Å². The summed E-state index contributed by atoms with van der Waals surface area (Å²) < 4.78 is 0. The van der Waals surface area contributed by atoms with E-state index in [1.807, 2.05) is 30.3 Å². The topological polar surface area (TPSA) is 113 Å². The minimum absolute atomic E-state index is 0. The molecule has 30 heavy (non-hydrogen) atoms. The number of carbonyl (C=O) groups is 3. The van der Waals surface area contributed by atoms with Crippen LogP contribution in [0.3, 0.4) is 0 Å². The summed E-state index contributed by atoms with van der Waals surface area (Å²) in [6.07, 6.45) is 5.02. The summed E-state index contributed by atoms with van der Waals surface area (Å²) in [7, 11) is 0. The molecule has 1 aliphatic heterocycles. The summed E-state index contributed by atoms with van der Waals surface area (Å²) in [5, 5.41) is 12.2. The molecule has 8 heteroatoms. The lowest BCUT2D eigenvalue weighted by Crippen LogP contribution is -2.45. The molecule has 1 heterocycles. The van der Waals surface area contributed by atoms with Crippen molar-refractivity contribution in [1.82, 2.24) is 10.2 Å². The summed E-state index contributed by atoms with van der Waals surface area (Å²) in [6, 6.07) is 8.48. The molecule has 4 N–H and O–H groups in total. The van der Waals surface area contributed by atoms with Gasteiger partial charge in [-0.25, -0.2) is 4.79 Å². The Kier molecular flexibility index (Phi) is 9.11. The number of amides is 2. The lowest BCUT2D eigenvalue weighted by molar-refractivity contribution is -0.150. The molecule has 0 aromatic heterocycles. The number of rotatable bonds is 7. The fraction of sp³-hybridized carbons (Fsp3) is 0.591. The number of carbonyl (C=O) groups excluding carboxylic acids is 2. The van der Waals surface area contributed by atoms with Crippen LogP contribution in [0.2, 0.25) is 0 Å². The van der Waals surface area contributed by atoms with Crippen molar-refractivity contribution in [2.45, 2.75) is 57.0 Å². The number of hydrogen-bond donors (Lipinski definition) is 3. The third kappa shape index (κ3) is 6.19. The summed E-state index contributed by atoms with van der Waals surface area (Å²) in [4.78, 5) is 37.9. The van der Waals surface area contributed by atoms with Gasteiger partial charge in [-0.3, -0.25) is 9.59 Å². The average molecular weight is 438 g/mol. The first-order chi connectivity index (χ1) is 14.0. The largest absolute Gasteiger partial charge is 0.480 e. The van der Waals surface area contributed by atoms with Gasteiger partial charge in [0.1, 0.15) is 6.04 Å². The molecule has 1 saturated heterocycles. The molecule has 0 spiro atoms. The number of likely N-dealkylation sites (tertiary alicyclic amines) is 1. The Labute approximate surface area is 183 Å². The SMILES string of the molecule is Cl.N[C@@H](Cc1ccccc1)C(=O)NCC1CCC(C(=O)N2CCC[C@H]2C(=O)O)CC1. The van der Waals surface area contributed by atoms with E-state index in [-0.39, 0.29) is 30.1 Å². The van der Waals surface area contributed by atoms with Crippen molar-refractivity contribution in [2.24, 2.45) is 17.6 Å². The van der Waals surface area contributed by atoms with E-state index in [1.165, 1.54) is 0 Å². The van der Waals surface area contributed by atoms with E-state index in [2.05, 4.69) is 5.32 Å². The second-order valence-corrected chi connectivity index (χ2v) is 8.29. The zero-order chi connectivity index (χ0) is 20.8. The maximum atomic E-state index is 12.7. The van der Waals surface area contributed by atoms with Gasteiger partial charge in [0, 0.05) is 19.0 Å². The first kappa shape index (κ1) is 24.2. The molecule has 0 radical (unpaired) electrons. The molecule has 1 saturated carbocycles. The van der Waals surface area contributed by atoms with E-state index in [0.717, 1.165) is 37.7 Å². The lowest BCUT2D eigenvalue weighted by atomic mass is 9.81. The molecule has 0 unspecified atom stereocenters. The van der Waals surface area contributed by atoms with Crippen LogP contribution in [-0.2, 0) is 20.8 Å². The third-order valence-electron chi connectivity index (χ3n) is 6.22. The number of carboxylic acid groups (broad SMARTS) is 1. The van der Waals surface area contributed by atoms with Crippen LogP contribution in [0.1, 0.15) is 44.1 Å². The second-order valence-electron chi connectivity index (χ2n) is 8.29. The van der Waals surface area contributed by atoms with Gasteiger partial charge in [-0.1, -0.05) is 30.3 Å². The third-order valence-corrected chi connectivity index (χ3v) is 6.22. The van der Waals surface area contributed by atoms with Gasteiger partial charge in [-0.15, -0.1) is 12.4 Å². The van der Waals surface area contributed by atoms with Gasteiger partial charge in [0.15, 0.2) is 0 Å². The summed E-state index contributed by atoms with van der Waals surface area (Å²) in [5.74, 6) is -0.821. The van der Waals surface area contributed by atoms with Gasteiger partial charge < -0.3 is 21.1 Å². The van der Waals surface area contributed by atoms with Crippen LogP contribution in [-0.4, -0.2) is 53.0 Å². The van der Waals surface area contributed by atoms with Crippen molar-refractivity contribution in [2.75, 3.05) is 13.1 Å². The molecule has 7 nitrogen and oxygen atoms in total. The Morgan fingerprint density at radius 1 is 1.10 bits per heavy atom. The quantitative estimate of drug-likeness (QED) is 0.603. The fourth-order valence-corrected chi connectivity index (χ4v) is 4.47. The Hall–Kier alpha value is -2.12. The van der Waals surface area contributed by atoms with E-state index in [9.17, 15) is 19.5 Å². The van der Waals surface area contributed by atoms with Crippen LogP contribution in [0.15, 0.2) is 30.3 Å². The van der Waals surface area contributed by atoms with Crippen molar-refractivity contribution in [3.63, 3.8) is 0 Å². The minimum atomic E-state index is -0.904. The number of nitrogens with two attached hydrogens (primary N) is 1. The number of nitrogens with zero attached hydrogens (tertiary/aromatic N) is 1. The second kappa shape index (κ2) is 11.3. The highest BCUT2D eigenvalue weighted by molar-refractivity contribution is 5.86. The van der Waals surface area contributed by atoms with Crippen LogP contribution in [0.5, 0.6) is 0 Å². The normalized spacial score (nSPS) is 24.6. The van der Waals surface area contributed by atoms with Crippen molar-refractivity contribution in [3.05, 3.63) is 35.9 Å². The van der Waals surface area contributed by atoms with Gasteiger partial charge in [0.25, 0.3) is 0 Å². The summed E-state index contributed by atoms with van der Waals surface area (Å²) in [6.45, 7) is 1.12. The smallest absolute Gasteiger partial charge is 0.326 e. The van der Waals surface area contributed by atoms with Crippen LogP contribution < -0.4 is 11.1 Å². The highest BCUT2D eigenvalue weighted by Gasteiger charge is 2.38. The summed E-state index contributed by atoms with van der Waals surface area (Å²) >= 11 is 0. The number of benzene rings is 1. The van der Waals surface area contributed by atoms with Gasteiger partial charge in [-0.05, 0) is 56.4 Å². The van der Waals surface area contributed by atoms with Crippen LogP contribution in [0.25, 0.3) is 0 Å². The predicted molar refractivity (Wildman–Crippen MR) is 116 cm³/mol. The molecular formula is C22H32ClN3O4. The fourth-order valence-electron chi connectivity index (χ4n) is 4.47. The highest BCUT2D eigenvalue weighted by atomic mass is 35.5. The predicted octanol–water partition coefficient (Wildman–Crippen LogP) is 1.98. The maximum absolute atomic E-state index is 12.7. The standard InChI is InChI=1S/C22H31N3O4.ClH/c23-18(13-15-5-2-1-3-6-15)20(26)24-14-16-8-10-17(11-9-16)21(27)25-12-4-7-19(25)22(28)29;/h1-3,5-6,16-19H,4,7-14,23H2,(H,24,26)(H,28,29);1H/t16?,17?,18-,19-;/m0./s1.